The predicted molar refractivity (Wildman–Crippen MR) is 74.7 cm³/mol. The molecule has 0 N–H and O–H groups in total. The van der Waals surface area contributed by atoms with Crippen LogP contribution in [-0.4, -0.2) is 12.4 Å². The monoisotopic (exact) mass is 260 g/mol. The van der Waals surface area contributed by atoms with E-state index in [-0.39, 0.29) is 5.78 Å². The molecule has 94 valence electrons. The Labute approximate surface area is 111 Å². The van der Waals surface area contributed by atoms with Crippen molar-refractivity contribution < 1.29 is 9.53 Å². The Morgan fingerprint density at radius 3 is 2.83 bits per heavy atom. The maximum absolute atomic E-state index is 11.5. The Kier molecular flexibility index (Phi) is 4.15. The van der Waals surface area contributed by atoms with Crippen LogP contribution in [-0.2, 0) is 6.42 Å². The van der Waals surface area contributed by atoms with Gasteiger partial charge in [-0.3, -0.25) is 4.79 Å². The molecule has 1 aromatic heterocycles. The van der Waals surface area contributed by atoms with Crippen molar-refractivity contribution in [3.05, 3.63) is 51.7 Å². The van der Waals surface area contributed by atoms with Gasteiger partial charge in [-0.2, -0.15) is 0 Å². The number of carbonyl (C=O) groups is 1. The molecule has 0 amide bonds. The largest absolute Gasteiger partial charge is 0.492 e. The van der Waals surface area contributed by atoms with Gasteiger partial charge in [0, 0.05) is 11.3 Å². The third-order valence-electron chi connectivity index (χ3n) is 2.70. The van der Waals surface area contributed by atoms with Gasteiger partial charge in [-0.15, -0.1) is 11.3 Å². The van der Waals surface area contributed by atoms with Crippen molar-refractivity contribution in [2.75, 3.05) is 6.61 Å². The maximum atomic E-state index is 11.5. The Morgan fingerprint density at radius 2 is 2.17 bits per heavy atom. The number of carbonyl (C=O) groups excluding carboxylic acids is 1. The first-order valence-electron chi connectivity index (χ1n) is 5.93. The van der Waals surface area contributed by atoms with Crippen LogP contribution in [0.2, 0.25) is 0 Å². The minimum Gasteiger partial charge on any atom is -0.492 e. The number of ether oxygens (including phenoxy) is 1. The summed E-state index contributed by atoms with van der Waals surface area (Å²) < 4.78 is 5.71. The van der Waals surface area contributed by atoms with E-state index in [0.717, 1.165) is 12.0 Å². The summed E-state index contributed by atoms with van der Waals surface area (Å²) in [6.45, 7) is 4.15. The lowest BCUT2D eigenvalue weighted by Gasteiger charge is -2.10. The first kappa shape index (κ1) is 12.8. The van der Waals surface area contributed by atoms with E-state index in [1.165, 1.54) is 4.88 Å². The molecule has 0 saturated carbocycles. The highest BCUT2D eigenvalue weighted by molar-refractivity contribution is 7.09. The van der Waals surface area contributed by atoms with Gasteiger partial charge in [0.15, 0.2) is 5.78 Å². The van der Waals surface area contributed by atoms with Gasteiger partial charge >= 0.3 is 0 Å². The summed E-state index contributed by atoms with van der Waals surface area (Å²) in [7, 11) is 0. The summed E-state index contributed by atoms with van der Waals surface area (Å²) in [5, 5.41) is 2.06. The molecule has 0 fully saturated rings. The third kappa shape index (κ3) is 3.20. The van der Waals surface area contributed by atoms with Crippen LogP contribution in [0.1, 0.15) is 27.7 Å². The summed E-state index contributed by atoms with van der Waals surface area (Å²) in [6, 6.07) is 9.85. The van der Waals surface area contributed by atoms with Crippen molar-refractivity contribution >= 4 is 17.1 Å². The first-order valence-corrected chi connectivity index (χ1v) is 6.81. The van der Waals surface area contributed by atoms with E-state index >= 15 is 0 Å². The molecule has 0 aliphatic heterocycles. The summed E-state index contributed by atoms with van der Waals surface area (Å²) in [5.41, 5.74) is 1.74. The van der Waals surface area contributed by atoms with Gasteiger partial charge in [0.2, 0.25) is 0 Å². The van der Waals surface area contributed by atoms with Crippen LogP contribution < -0.4 is 4.74 Å². The number of hydrogen-bond acceptors (Lipinski definition) is 3. The molecule has 0 atom stereocenters. The normalized spacial score (nSPS) is 10.3. The molecule has 0 aliphatic rings. The smallest absolute Gasteiger partial charge is 0.163 e. The molecular formula is C15H16O2S. The molecule has 0 aliphatic carbocycles. The fourth-order valence-electron chi connectivity index (χ4n) is 1.76. The zero-order valence-electron chi connectivity index (χ0n) is 10.6. The molecule has 0 unspecified atom stereocenters. The Morgan fingerprint density at radius 1 is 1.33 bits per heavy atom. The van der Waals surface area contributed by atoms with E-state index in [2.05, 4.69) is 11.4 Å². The summed E-state index contributed by atoms with van der Waals surface area (Å²) >= 11 is 1.72. The van der Waals surface area contributed by atoms with Gasteiger partial charge in [0.1, 0.15) is 5.75 Å². The molecule has 1 heterocycles. The lowest BCUT2D eigenvalue weighted by atomic mass is 10.1. The van der Waals surface area contributed by atoms with Crippen LogP contribution in [0.15, 0.2) is 35.7 Å². The summed E-state index contributed by atoms with van der Waals surface area (Å²) in [6.07, 6.45) is 0.878. The minimum atomic E-state index is 0.0461. The molecule has 2 rings (SSSR count). The van der Waals surface area contributed by atoms with Crippen LogP contribution in [0.4, 0.5) is 0 Å². The van der Waals surface area contributed by atoms with Gasteiger partial charge in [0.05, 0.1) is 12.2 Å². The van der Waals surface area contributed by atoms with Crippen molar-refractivity contribution in [3.8, 4) is 5.75 Å². The van der Waals surface area contributed by atoms with Crippen LogP contribution in [0.25, 0.3) is 0 Å². The van der Waals surface area contributed by atoms with E-state index < -0.39 is 0 Å². The topological polar surface area (TPSA) is 26.3 Å². The third-order valence-corrected chi connectivity index (χ3v) is 3.64. The highest BCUT2D eigenvalue weighted by Crippen LogP contribution is 2.21. The average molecular weight is 260 g/mol. The molecule has 0 radical (unpaired) electrons. The van der Waals surface area contributed by atoms with E-state index in [4.69, 9.17) is 4.74 Å². The van der Waals surface area contributed by atoms with Crippen LogP contribution in [0, 0.1) is 6.92 Å². The van der Waals surface area contributed by atoms with Gasteiger partial charge in [-0.05, 0) is 37.4 Å². The molecule has 0 saturated heterocycles. The first-order chi connectivity index (χ1) is 8.66. The van der Waals surface area contributed by atoms with Crippen LogP contribution in [0.5, 0.6) is 5.75 Å². The molecule has 1 aromatic carbocycles. The Bertz CT molecular complexity index is 529. The number of thiophene rings is 1. The van der Waals surface area contributed by atoms with Crippen molar-refractivity contribution in [3.63, 3.8) is 0 Å². The van der Waals surface area contributed by atoms with Crippen molar-refractivity contribution in [1.82, 2.24) is 0 Å². The quantitative estimate of drug-likeness (QED) is 0.763. The fraction of sp³-hybridized carbons (Fsp3) is 0.267. The summed E-state index contributed by atoms with van der Waals surface area (Å²) in [4.78, 5) is 12.8. The van der Waals surface area contributed by atoms with E-state index in [1.54, 1.807) is 18.3 Å². The number of Topliss-reactive ketones (excluding diaryl/α,β-unsaturated/α-hetero) is 1. The van der Waals surface area contributed by atoms with Gasteiger partial charge in [-0.1, -0.05) is 17.7 Å². The number of aryl methyl sites for hydroxylation is 1. The predicted octanol–water partition coefficient (Wildman–Crippen LogP) is 3.88. The van der Waals surface area contributed by atoms with E-state index in [0.29, 0.717) is 17.9 Å². The average Bonchev–Trinajstić information content (AvgIpc) is 2.84. The number of ketones is 1. The Hall–Kier alpha value is -1.61. The van der Waals surface area contributed by atoms with Gasteiger partial charge in [0.25, 0.3) is 0 Å². The number of hydrogen-bond donors (Lipinski definition) is 0. The molecule has 18 heavy (non-hydrogen) atoms. The lowest BCUT2D eigenvalue weighted by molar-refractivity contribution is 0.101. The zero-order valence-corrected chi connectivity index (χ0v) is 11.4. The van der Waals surface area contributed by atoms with Crippen LogP contribution >= 0.6 is 11.3 Å². The standard InChI is InChI=1S/C15H16O2S/c1-11-5-6-15(14(10-11)12(2)16)17-8-7-13-4-3-9-18-13/h3-6,9-10H,7-8H2,1-2H3. The van der Waals surface area contributed by atoms with Crippen LogP contribution in [0.3, 0.4) is 0 Å². The van der Waals surface area contributed by atoms with Crippen molar-refractivity contribution in [1.29, 1.82) is 0 Å². The highest BCUT2D eigenvalue weighted by Gasteiger charge is 2.08. The SMILES string of the molecule is CC(=O)c1cc(C)ccc1OCCc1cccs1. The minimum absolute atomic E-state index is 0.0461. The fourth-order valence-corrected chi connectivity index (χ4v) is 2.45. The number of rotatable bonds is 5. The van der Waals surface area contributed by atoms with Gasteiger partial charge in [-0.25, -0.2) is 0 Å². The van der Waals surface area contributed by atoms with E-state index in [1.807, 2.05) is 31.2 Å². The highest BCUT2D eigenvalue weighted by atomic mass is 32.1. The second-order valence-corrected chi connectivity index (χ2v) is 5.27. The molecule has 0 bridgehead atoms. The number of benzene rings is 1. The second kappa shape index (κ2) is 5.83. The van der Waals surface area contributed by atoms with E-state index in [9.17, 15) is 4.79 Å². The zero-order chi connectivity index (χ0) is 13.0. The molecule has 2 nitrogen and oxygen atoms in total. The molecular weight excluding hydrogens is 244 g/mol. The summed E-state index contributed by atoms with van der Waals surface area (Å²) in [5.74, 6) is 0.731. The molecule has 3 heteroatoms. The Balaban J connectivity index is 2.02. The molecule has 0 spiro atoms. The van der Waals surface area contributed by atoms with Gasteiger partial charge < -0.3 is 4.74 Å². The second-order valence-electron chi connectivity index (χ2n) is 4.23. The van der Waals surface area contributed by atoms with Crippen molar-refractivity contribution in [2.45, 2.75) is 20.3 Å². The van der Waals surface area contributed by atoms with Crippen molar-refractivity contribution in [2.24, 2.45) is 0 Å². The lowest BCUT2D eigenvalue weighted by Crippen LogP contribution is -2.04. The molecule has 2 aromatic rings. The maximum Gasteiger partial charge on any atom is 0.163 e.